The van der Waals surface area contributed by atoms with Gasteiger partial charge < -0.3 is 19.7 Å². The lowest BCUT2D eigenvalue weighted by Gasteiger charge is -2.24. The number of aromatic nitrogens is 1. The van der Waals surface area contributed by atoms with Crippen LogP contribution in [0, 0.1) is 0 Å². The molecule has 0 fully saturated rings. The van der Waals surface area contributed by atoms with Gasteiger partial charge in [0.25, 0.3) is 5.91 Å². The molecule has 0 bridgehead atoms. The Balaban J connectivity index is 1.24. The van der Waals surface area contributed by atoms with Crippen LogP contribution in [0.5, 0.6) is 11.5 Å². The van der Waals surface area contributed by atoms with Crippen molar-refractivity contribution in [2.24, 2.45) is 4.99 Å². The third-order valence-electron chi connectivity index (χ3n) is 5.05. The SMILES string of the molecule is O=C(NCc1ccc2c(c1)OCO2)c1cc2c(cn1)N=CN(Cc1ccccc1)C2. The van der Waals surface area contributed by atoms with Crippen molar-refractivity contribution in [3.8, 4) is 11.5 Å². The summed E-state index contributed by atoms with van der Waals surface area (Å²) >= 11 is 0. The maximum atomic E-state index is 12.6. The average Bonchev–Trinajstić information content (AvgIpc) is 3.25. The summed E-state index contributed by atoms with van der Waals surface area (Å²) in [5.41, 5.74) is 4.31. The molecule has 1 N–H and O–H groups in total. The third-order valence-corrected chi connectivity index (χ3v) is 5.05. The van der Waals surface area contributed by atoms with Crippen molar-refractivity contribution in [3.63, 3.8) is 0 Å². The monoisotopic (exact) mass is 400 g/mol. The van der Waals surface area contributed by atoms with E-state index in [2.05, 4.69) is 32.3 Å². The maximum Gasteiger partial charge on any atom is 0.270 e. The van der Waals surface area contributed by atoms with Gasteiger partial charge in [-0.25, -0.2) is 9.98 Å². The minimum atomic E-state index is -0.223. The Kier molecular flexibility index (Phi) is 4.77. The van der Waals surface area contributed by atoms with Gasteiger partial charge >= 0.3 is 0 Å². The van der Waals surface area contributed by atoms with Crippen LogP contribution in [0.1, 0.15) is 27.2 Å². The number of rotatable bonds is 5. The Morgan fingerprint density at radius 3 is 2.80 bits per heavy atom. The van der Waals surface area contributed by atoms with Crippen molar-refractivity contribution < 1.29 is 14.3 Å². The predicted octanol–water partition coefficient (Wildman–Crippen LogP) is 3.42. The van der Waals surface area contributed by atoms with E-state index in [1.165, 1.54) is 5.56 Å². The van der Waals surface area contributed by atoms with Gasteiger partial charge in [0.05, 0.1) is 18.2 Å². The number of carbonyl (C=O) groups excluding carboxylic acids is 1. The second kappa shape index (κ2) is 7.87. The minimum absolute atomic E-state index is 0.223. The zero-order valence-corrected chi connectivity index (χ0v) is 16.2. The Hall–Kier alpha value is -3.87. The van der Waals surface area contributed by atoms with E-state index >= 15 is 0 Å². The highest BCUT2D eigenvalue weighted by atomic mass is 16.7. The number of hydrogen-bond acceptors (Lipinski definition) is 6. The van der Waals surface area contributed by atoms with Crippen molar-refractivity contribution in [1.29, 1.82) is 0 Å². The summed E-state index contributed by atoms with van der Waals surface area (Å²) in [5, 5.41) is 2.91. The topological polar surface area (TPSA) is 76.0 Å². The molecule has 2 aromatic carbocycles. The summed E-state index contributed by atoms with van der Waals surface area (Å²) < 4.78 is 10.7. The molecule has 3 heterocycles. The molecule has 0 aliphatic carbocycles. The van der Waals surface area contributed by atoms with Gasteiger partial charge in [-0.3, -0.25) is 4.79 Å². The zero-order valence-electron chi connectivity index (χ0n) is 16.2. The highest BCUT2D eigenvalue weighted by Gasteiger charge is 2.17. The van der Waals surface area contributed by atoms with Gasteiger partial charge in [-0.2, -0.15) is 0 Å². The van der Waals surface area contributed by atoms with Crippen molar-refractivity contribution in [3.05, 3.63) is 83.2 Å². The van der Waals surface area contributed by atoms with E-state index in [1.54, 1.807) is 6.20 Å². The Labute approximate surface area is 174 Å². The lowest BCUT2D eigenvalue weighted by molar-refractivity contribution is 0.0945. The van der Waals surface area contributed by atoms with Crippen LogP contribution < -0.4 is 14.8 Å². The number of fused-ring (bicyclic) bond motifs is 2. The zero-order chi connectivity index (χ0) is 20.3. The van der Waals surface area contributed by atoms with Gasteiger partial charge in [0.15, 0.2) is 11.5 Å². The van der Waals surface area contributed by atoms with E-state index in [4.69, 9.17) is 9.47 Å². The van der Waals surface area contributed by atoms with Crippen LogP contribution in [0.3, 0.4) is 0 Å². The summed E-state index contributed by atoms with van der Waals surface area (Å²) in [6, 6.07) is 17.7. The lowest BCUT2D eigenvalue weighted by atomic mass is 10.1. The van der Waals surface area contributed by atoms with Crippen molar-refractivity contribution >= 4 is 17.9 Å². The molecule has 0 radical (unpaired) electrons. The smallest absolute Gasteiger partial charge is 0.270 e. The highest BCUT2D eigenvalue weighted by molar-refractivity contribution is 5.92. The predicted molar refractivity (Wildman–Crippen MR) is 112 cm³/mol. The number of amides is 1. The summed E-state index contributed by atoms with van der Waals surface area (Å²) in [5.74, 6) is 1.20. The van der Waals surface area contributed by atoms with E-state index in [0.717, 1.165) is 29.1 Å². The molecule has 30 heavy (non-hydrogen) atoms. The van der Waals surface area contributed by atoms with Crippen LogP contribution in [0.15, 0.2) is 65.8 Å². The number of benzene rings is 2. The number of hydrogen-bond donors (Lipinski definition) is 1. The molecule has 0 spiro atoms. The molecule has 2 aliphatic rings. The molecule has 0 saturated heterocycles. The van der Waals surface area contributed by atoms with E-state index in [0.29, 0.717) is 24.5 Å². The number of nitrogens with one attached hydrogen (secondary N) is 1. The molecule has 7 nitrogen and oxygen atoms in total. The van der Waals surface area contributed by atoms with Crippen LogP contribution in [0.4, 0.5) is 5.69 Å². The average molecular weight is 400 g/mol. The number of ether oxygens (including phenoxy) is 2. The maximum absolute atomic E-state index is 12.6. The van der Waals surface area contributed by atoms with Crippen LogP contribution >= 0.6 is 0 Å². The van der Waals surface area contributed by atoms with E-state index in [9.17, 15) is 4.79 Å². The van der Waals surface area contributed by atoms with Crippen LogP contribution in [0.25, 0.3) is 0 Å². The first-order chi connectivity index (χ1) is 14.7. The molecule has 7 heteroatoms. The normalized spacial score (nSPS) is 13.8. The summed E-state index contributed by atoms with van der Waals surface area (Å²) in [7, 11) is 0. The van der Waals surface area contributed by atoms with Crippen molar-refractivity contribution in [1.82, 2.24) is 15.2 Å². The number of nitrogens with zero attached hydrogens (tertiary/aromatic N) is 3. The van der Waals surface area contributed by atoms with E-state index in [-0.39, 0.29) is 12.7 Å². The van der Waals surface area contributed by atoms with Gasteiger partial charge in [-0.1, -0.05) is 36.4 Å². The second-order valence-electron chi connectivity index (χ2n) is 7.20. The first-order valence-corrected chi connectivity index (χ1v) is 9.72. The fourth-order valence-electron chi connectivity index (χ4n) is 3.50. The molecule has 2 aliphatic heterocycles. The van der Waals surface area contributed by atoms with Crippen LogP contribution in [-0.2, 0) is 19.6 Å². The lowest BCUT2D eigenvalue weighted by Crippen LogP contribution is -2.26. The quantitative estimate of drug-likeness (QED) is 0.710. The molecule has 1 amide bonds. The fourth-order valence-corrected chi connectivity index (χ4v) is 3.50. The molecular formula is C23H20N4O3. The van der Waals surface area contributed by atoms with Gasteiger partial charge in [0.2, 0.25) is 6.79 Å². The second-order valence-corrected chi connectivity index (χ2v) is 7.20. The Bertz CT molecular complexity index is 1110. The van der Waals surface area contributed by atoms with Crippen molar-refractivity contribution in [2.45, 2.75) is 19.6 Å². The minimum Gasteiger partial charge on any atom is -0.454 e. The first kappa shape index (κ1) is 18.2. The molecule has 0 saturated carbocycles. The highest BCUT2D eigenvalue weighted by Crippen LogP contribution is 2.32. The van der Waals surface area contributed by atoms with Gasteiger partial charge in [0.1, 0.15) is 5.69 Å². The molecule has 3 aromatic rings. The number of pyridine rings is 1. The van der Waals surface area contributed by atoms with Gasteiger partial charge in [-0.15, -0.1) is 0 Å². The van der Waals surface area contributed by atoms with Crippen LogP contribution in [-0.4, -0.2) is 28.9 Å². The largest absolute Gasteiger partial charge is 0.454 e. The molecule has 1 aromatic heterocycles. The fraction of sp³-hybridized carbons (Fsp3) is 0.174. The molecule has 0 unspecified atom stereocenters. The van der Waals surface area contributed by atoms with Crippen LogP contribution in [0.2, 0.25) is 0 Å². The van der Waals surface area contributed by atoms with E-state index < -0.39 is 0 Å². The molecule has 150 valence electrons. The first-order valence-electron chi connectivity index (χ1n) is 9.72. The molecular weight excluding hydrogens is 380 g/mol. The third kappa shape index (κ3) is 3.82. The van der Waals surface area contributed by atoms with Gasteiger partial charge in [-0.05, 0) is 29.3 Å². The standard InChI is InChI=1S/C23H20N4O3/c28-23(25-10-17-6-7-21-22(8-17)30-15-29-21)19-9-18-13-27(14-26-20(18)11-24-19)12-16-4-2-1-3-5-16/h1-9,11,14H,10,12-13,15H2,(H,25,28). The van der Waals surface area contributed by atoms with E-state index in [1.807, 2.05) is 48.8 Å². The Morgan fingerprint density at radius 2 is 1.90 bits per heavy atom. The molecule has 5 rings (SSSR count). The van der Waals surface area contributed by atoms with Crippen molar-refractivity contribution in [2.75, 3.05) is 6.79 Å². The summed E-state index contributed by atoms with van der Waals surface area (Å²) in [4.78, 5) is 23.5. The summed E-state index contributed by atoms with van der Waals surface area (Å²) in [6.45, 7) is 2.05. The summed E-state index contributed by atoms with van der Waals surface area (Å²) in [6.07, 6.45) is 3.48. The van der Waals surface area contributed by atoms with Gasteiger partial charge in [0, 0.05) is 25.2 Å². The molecule has 0 atom stereocenters. The number of aliphatic imine (C=N–C) groups is 1. The Morgan fingerprint density at radius 1 is 1.03 bits per heavy atom. The number of carbonyl (C=O) groups is 1.